The minimum atomic E-state index is -0.482. The number of nitrogens with two attached hydrogens (primary N) is 1. The second-order valence-electron chi connectivity index (χ2n) is 4.88. The van der Waals surface area contributed by atoms with Crippen molar-refractivity contribution < 1.29 is 9.59 Å². The largest absolute Gasteiger partial charge is 0.366 e. The van der Waals surface area contributed by atoms with Gasteiger partial charge in [-0.3, -0.25) is 9.59 Å². The van der Waals surface area contributed by atoms with Crippen LogP contribution in [0.2, 0.25) is 0 Å². The van der Waals surface area contributed by atoms with E-state index in [9.17, 15) is 9.59 Å². The Bertz CT molecular complexity index is 535. The zero-order chi connectivity index (χ0) is 13.8. The molecule has 1 atom stereocenters. The van der Waals surface area contributed by atoms with Crippen LogP contribution in [-0.2, 0) is 4.79 Å². The van der Waals surface area contributed by atoms with Crippen LogP contribution in [0.4, 0.5) is 5.69 Å². The topological polar surface area (TPSA) is 72.2 Å². The standard InChI is InChI=1S/C15H18N2O2/c1-10-5-4-6-11(14(10)18)9-17-13-8-3-2-7-12(13)15(16)19/h2-3,7-10,17H,4-6H2,1H3,(H2,16,19)/b11-9-/t10-/m0/s1. The fraction of sp³-hybridized carbons (Fsp3) is 0.333. The van der Waals surface area contributed by atoms with Crippen molar-refractivity contribution >= 4 is 17.4 Å². The number of amides is 1. The third-order valence-electron chi connectivity index (χ3n) is 3.44. The van der Waals surface area contributed by atoms with E-state index >= 15 is 0 Å². The number of para-hydroxylation sites is 1. The highest BCUT2D eigenvalue weighted by Crippen LogP contribution is 2.25. The van der Waals surface area contributed by atoms with Crippen molar-refractivity contribution in [1.29, 1.82) is 0 Å². The van der Waals surface area contributed by atoms with Crippen LogP contribution in [0.15, 0.2) is 36.0 Å². The molecule has 1 amide bonds. The zero-order valence-electron chi connectivity index (χ0n) is 11.0. The summed E-state index contributed by atoms with van der Waals surface area (Å²) in [6.07, 6.45) is 4.47. The first-order chi connectivity index (χ1) is 9.09. The normalized spacial score (nSPS) is 21.4. The van der Waals surface area contributed by atoms with E-state index in [1.807, 2.05) is 13.0 Å². The summed E-state index contributed by atoms with van der Waals surface area (Å²) in [5.74, 6) is -0.201. The lowest BCUT2D eigenvalue weighted by molar-refractivity contribution is -0.119. The molecule has 4 heteroatoms. The molecule has 0 aliphatic heterocycles. The molecule has 1 aliphatic carbocycles. The van der Waals surface area contributed by atoms with Crippen LogP contribution in [0.1, 0.15) is 36.5 Å². The predicted molar refractivity (Wildman–Crippen MR) is 74.7 cm³/mol. The van der Waals surface area contributed by atoms with Gasteiger partial charge in [-0.05, 0) is 31.4 Å². The third kappa shape index (κ3) is 3.02. The summed E-state index contributed by atoms with van der Waals surface area (Å²) in [7, 11) is 0. The average molecular weight is 258 g/mol. The van der Waals surface area contributed by atoms with Gasteiger partial charge in [-0.15, -0.1) is 0 Å². The molecule has 19 heavy (non-hydrogen) atoms. The van der Waals surface area contributed by atoms with Gasteiger partial charge in [0.05, 0.1) is 11.3 Å². The minimum absolute atomic E-state index is 0.0909. The van der Waals surface area contributed by atoms with E-state index in [-0.39, 0.29) is 11.7 Å². The van der Waals surface area contributed by atoms with Crippen molar-refractivity contribution in [3.63, 3.8) is 0 Å². The van der Waals surface area contributed by atoms with Crippen LogP contribution in [0.3, 0.4) is 0 Å². The Kier molecular flexibility index (Phi) is 4.00. The van der Waals surface area contributed by atoms with Crippen molar-refractivity contribution in [2.75, 3.05) is 5.32 Å². The van der Waals surface area contributed by atoms with E-state index in [0.717, 1.165) is 24.8 Å². The fourth-order valence-corrected chi connectivity index (χ4v) is 2.30. The molecule has 0 unspecified atom stereocenters. The Balaban J connectivity index is 2.18. The number of nitrogens with one attached hydrogen (secondary N) is 1. The highest BCUT2D eigenvalue weighted by atomic mass is 16.1. The second kappa shape index (κ2) is 5.69. The average Bonchev–Trinajstić information content (AvgIpc) is 2.40. The van der Waals surface area contributed by atoms with E-state index < -0.39 is 5.91 Å². The van der Waals surface area contributed by atoms with Gasteiger partial charge >= 0.3 is 0 Å². The SMILES string of the molecule is C[C@H]1CCC/C(=C/Nc2ccccc2C(N)=O)C1=O. The number of Topliss-reactive ketones (excluding diaryl/α,β-unsaturated/α-hetero) is 1. The molecule has 1 aliphatic rings. The Hall–Kier alpha value is -2.10. The third-order valence-corrected chi connectivity index (χ3v) is 3.44. The molecule has 3 N–H and O–H groups in total. The van der Waals surface area contributed by atoms with Crippen LogP contribution >= 0.6 is 0 Å². The van der Waals surface area contributed by atoms with Gasteiger partial charge < -0.3 is 11.1 Å². The van der Waals surface area contributed by atoms with Gasteiger partial charge in [0.1, 0.15) is 0 Å². The van der Waals surface area contributed by atoms with E-state index in [1.54, 1.807) is 24.4 Å². The maximum Gasteiger partial charge on any atom is 0.250 e. The smallest absolute Gasteiger partial charge is 0.250 e. The summed E-state index contributed by atoms with van der Waals surface area (Å²) in [6.45, 7) is 1.95. The van der Waals surface area contributed by atoms with Crippen molar-refractivity contribution in [3.05, 3.63) is 41.6 Å². The first-order valence-corrected chi connectivity index (χ1v) is 6.48. The molecule has 1 fully saturated rings. The molecule has 0 heterocycles. The van der Waals surface area contributed by atoms with E-state index in [1.165, 1.54) is 0 Å². The molecule has 0 aromatic heterocycles. The lowest BCUT2D eigenvalue weighted by Gasteiger charge is -2.19. The van der Waals surface area contributed by atoms with Crippen LogP contribution < -0.4 is 11.1 Å². The molecule has 4 nitrogen and oxygen atoms in total. The quantitative estimate of drug-likeness (QED) is 0.818. The lowest BCUT2D eigenvalue weighted by atomic mass is 9.86. The summed E-state index contributed by atoms with van der Waals surface area (Å²) in [4.78, 5) is 23.2. The number of hydrogen-bond acceptors (Lipinski definition) is 3. The maximum absolute atomic E-state index is 12.0. The molecular weight excluding hydrogens is 240 g/mol. The fourth-order valence-electron chi connectivity index (χ4n) is 2.30. The van der Waals surface area contributed by atoms with Gasteiger partial charge in [0.15, 0.2) is 5.78 Å². The monoisotopic (exact) mass is 258 g/mol. The molecule has 0 radical (unpaired) electrons. The van der Waals surface area contributed by atoms with Crippen molar-refractivity contribution in [2.24, 2.45) is 11.7 Å². The van der Waals surface area contributed by atoms with Crippen LogP contribution in [0.5, 0.6) is 0 Å². The first-order valence-electron chi connectivity index (χ1n) is 6.48. The van der Waals surface area contributed by atoms with Crippen molar-refractivity contribution in [1.82, 2.24) is 0 Å². The number of anilines is 1. The molecule has 0 spiro atoms. The number of carbonyl (C=O) groups is 2. The predicted octanol–water partition coefficient (Wildman–Crippen LogP) is 2.47. The van der Waals surface area contributed by atoms with Gasteiger partial charge in [0.2, 0.25) is 0 Å². The van der Waals surface area contributed by atoms with Gasteiger partial charge in [-0.1, -0.05) is 19.1 Å². The summed E-state index contributed by atoms with van der Waals surface area (Å²) >= 11 is 0. The maximum atomic E-state index is 12.0. The van der Waals surface area contributed by atoms with Crippen LogP contribution in [0.25, 0.3) is 0 Å². The summed E-state index contributed by atoms with van der Waals surface area (Å²) < 4.78 is 0. The molecule has 1 aromatic carbocycles. The number of primary amides is 1. The molecule has 0 saturated heterocycles. The number of rotatable bonds is 3. The van der Waals surface area contributed by atoms with E-state index in [4.69, 9.17) is 5.73 Å². The highest BCUT2D eigenvalue weighted by molar-refractivity contribution is 6.00. The lowest BCUT2D eigenvalue weighted by Crippen LogP contribution is -2.20. The van der Waals surface area contributed by atoms with Crippen molar-refractivity contribution in [2.45, 2.75) is 26.2 Å². The Morgan fingerprint density at radius 2 is 2.16 bits per heavy atom. The molecular formula is C15H18N2O2. The Morgan fingerprint density at radius 1 is 1.42 bits per heavy atom. The number of allylic oxidation sites excluding steroid dienone is 1. The van der Waals surface area contributed by atoms with E-state index in [0.29, 0.717) is 11.3 Å². The molecule has 1 saturated carbocycles. The Labute approximate surface area is 112 Å². The highest BCUT2D eigenvalue weighted by Gasteiger charge is 2.22. The van der Waals surface area contributed by atoms with Crippen LogP contribution in [-0.4, -0.2) is 11.7 Å². The van der Waals surface area contributed by atoms with Gasteiger partial charge in [-0.2, -0.15) is 0 Å². The summed E-state index contributed by atoms with van der Waals surface area (Å²) in [5, 5.41) is 3.03. The Morgan fingerprint density at radius 3 is 2.89 bits per heavy atom. The first kappa shape index (κ1) is 13.3. The zero-order valence-corrected chi connectivity index (χ0v) is 11.0. The van der Waals surface area contributed by atoms with Crippen LogP contribution in [0, 0.1) is 5.92 Å². The number of benzene rings is 1. The van der Waals surface area contributed by atoms with E-state index in [2.05, 4.69) is 5.32 Å². The minimum Gasteiger partial charge on any atom is -0.366 e. The molecule has 0 bridgehead atoms. The number of hydrogen-bond donors (Lipinski definition) is 2. The second-order valence-corrected chi connectivity index (χ2v) is 4.88. The van der Waals surface area contributed by atoms with Gasteiger partial charge in [0, 0.05) is 17.7 Å². The van der Waals surface area contributed by atoms with Gasteiger partial charge in [-0.25, -0.2) is 0 Å². The van der Waals surface area contributed by atoms with Gasteiger partial charge in [0.25, 0.3) is 5.91 Å². The number of ketones is 1. The van der Waals surface area contributed by atoms with Crippen molar-refractivity contribution in [3.8, 4) is 0 Å². The summed E-state index contributed by atoms with van der Waals surface area (Å²) in [5.41, 5.74) is 7.16. The molecule has 1 aromatic rings. The molecule has 100 valence electrons. The summed E-state index contributed by atoms with van der Waals surface area (Å²) in [6, 6.07) is 7.01. The number of carbonyl (C=O) groups excluding carboxylic acids is 2. The molecule has 2 rings (SSSR count).